The van der Waals surface area contributed by atoms with Gasteiger partial charge in [-0.2, -0.15) is 0 Å². The van der Waals surface area contributed by atoms with Gasteiger partial charge in [0.1, 0.15) is 0 Å². The van der Waals surface area contributed by atoms with Crippen molar-refractivity contribution in [1.29, 1.82) is 0 Å². The smallest absolute Gasteiger partial charge is 0.328 e. The normalized spacial score (nSPS) is 16.0. The Hall–Kier alpha value is -3.10. The first kappa shape index (κ1) is 26.2. The SMILES string of the molecule is C[As](CCOc1ccc(CC2SC(=O)NC2=O)cc1)c1ccccn1.O=C(O)/C=C\C(=O)O. The maximum atomic E-state index is 11.6. The summed E-state index contributed by atoms with van der Waals surface area (Å²) in [6, 6.07) is 13.8. The van der Waals surface area contributed by atoms with Gasteiger partial charge >= 0.3 is 168 Å². The van der Waals surface area contributed by atoms with Crippen molar-refractivity contribution in [1.82, 2.24) is 10.3 Å². The Labute approximate surface area is 199 Å². The summed E-state index contributed by atoms with van der Waals surface area (Å²) in [5.41, 5.74) is 3.30. The number of carboxylic acids is 2. The molecule has 1 aliphatic heterocycles. The number of benzene rings is 1. The fourth-order valence-corrected chi connectivity index (χ4v) is 5.97. The summed E-state index contributed by atoms with van der Waals surface area (Å²) in [5, 5.41) is 18.4. The van der Waals surface area contributed by atoms with E-state index in [1.54, 1.807) is 0 Å². The average Bonchev–Trinajstić information content (AvgIpc) is 3.11. The summed E-state index contributed by atoms with van der Waals surface area (Å²) >= 11 is -0.0757. The third-order valence-electron chi connectivity index (χ3n) is 4.22. The average molecular weight is 534 g/mol. The van der Waals surface area contributed by atoms with Crippen molar-refractivity contribution < 1.29 is 34.1 Å². The van der Waals surface area contributed by atoms with Crippen LogP contribution in [0, 0.1) is 0 Å². The molecule has 0 spiro atoms. The van der Waals surface area contributed by atoms with E-state index in [0.29, 0.717) is 25.2 Å². The predicted molar refractivity (Wildman–Crippen MR) is 125 cm³/mol. The number of nitrogens with one attached hydrogen (secondary N) is 1. The largest absolute Gasteiger partial charge is 0.478 e. The predicted octanol–water partition coefficient (Wildman–Crippen LogP) is 2.10. The van der Waals surface area contributed by atoms with Crippen LogP contribution >= 0.6 is 11.8 Å². The zero-order valence-corrected chi connectivity index (χ0v) is 20.4. The molecule has 2 unspecified atom stereocenters. The molecule has 2 heterocycles. The van der Waals surface area contributed by atoms with Crippen LogP contribution in [-0.2, 0) is 20.8 Å². The maximum Gasteiger partial charge on any atom is 0.328 e. The number of rotatable bonds is 9. The number of nitrogens with zero attached hydrogens (tertiary/aromatic N) is 1. The number of thioether (sulfide) groups is 1. The molecule has 3 rings (SSSR count). The van der Waals surface area contributed by atoms with Crippen molar-refractivity contribution in [2.75, 3.05) is 6.61 Å². The van der Waals surface area contributed by atoms with Gasteiger partial charge in [0.25, 0.3) is 0 Å². The second kappa shape index (κ2) is 13.4. The third kappa shape index (κ3) is 9.93. The van der Waals surface area contributed by atoms with E-state index < -0.39 is 26.6 Å². The Balaban J connectivity index is 0.000000414. The van der Waals surface area contributed by atoms with Crippen molar-refractivity contribution in [3.63, 3.8) is 0 Å². The number of amides is 2. The number of aliphatic carboxylic acids is 2. The first-order valence-electron chi connectivity index (χ1n) is 9.74. The molecule has 3 N–H and O–H groups in total. The summed E-state index contributed by atoms with van der Waals surface area (Å²) in [6.45, 7) is 0.682. The van der Waals surface area contributed by atoms with E-state index in [0.717, 1.165) is 28.3 Å². The van der Waals surface area contributed by atoms with Crippen LogP contribution in [0.1, 0.15) is 5.56 Å². The summed E-state index contributed by atoms with van der Waals surface area (Å²) in [7, 11) is 0. The summed E-state index contributed by atoms with van der Waals surface area (Å²) in [5.74, 6) is -1.89. The van der Waals surface area contributed by atoms with Crippen LogP contribution in [0.15, 0.2) is 60.8 Å². The van der Waals surface area contributed by atoms with Gasteiger partial charge in [0, 0.05) is 12.2 Å². The fraction of sp³-hybridized carbons (Fsp3) is 0.227. The minimum absolute atomic E-state index is 0.205. The zero-order chi connectivity index (χ0) is 24.2. The number of carbonyl (C=O) groups is 4. The van der Waals surface area contributed by atoms with Gasteiger partial charge in [-0.1, -0.05) is 0 Å². The number of ether oxygens (including phenoxy) is 1. The molecule has 1 aromatic carbocycles. The molecule has 0 radical (unpaired) electrons. The molecule has 1 aliphatic rings. The molecule has 2 aromatic rings. The topological polar surface area (TPSA) is 143 Å². The molecule has 9 nitrogen and oxygen atoms in total. The van der Waals surface area contributed by atoms with Crippen LogP contribution < -0.4 is 14.5 Å². The van der Waals surface area contributed by atoms with E-state index in [9.17, 15) is 19.2 Å². The van der Waals surface area contributed by atoms with Crippen molar-refractivity contribution >= 4 is 54.0 Å². The number of pyridine rings is 1. The van der Waals surface area contributed by atoms with Crippen LogP contribution in [0.5, 0.6) is 5.75 Å². The van der Waals surface area contributed by atoms with Gasteiger partial charge in [-0.05, 0) is 0 Å². The molecule has 2 atom stereocenters. The Morgan fingerprint density at radius 1 is 1.12 bits per heavy atom. The van der Waals surface area contributed by atoms with Crippen molar-refractivity contribution in [3.8, 4) is 5.75 Å². The van der Waals surface area contributed by atoms with Crippen LogP contribution in [0.2, 0.25) is 10.9 Å². The molecule has 0 aliphatic carbocycles. The van der Waals surface area contributed by atoms with Crippen molar-refractivity contribution in [3.05, 3.63) is 66.4 Å². The Morgan fingerprint density at radius 3 is 2.30 bits per heavy atom. The minimum Gasteiger partial charge on any atom is -0.478 e. The van der Waals surface area contributed by atoms with Gasteiger partial charge in [-0.25, -0.2) is 9.59 Å². The fourth-order valence-electron chi connectivity index (χ4n) is 2.60. The third-order valence-corrected chi connectivity index (χ3v) is 9.18. The summed E-state index contributed by atoms with van der Waals surface area (Å²) in [6.07, 6.45) is 3.51. The minimum atomic E-state index is -1.26. The van der Waals surface area contributed by atoms with E-state index in [2.05, 4.69) is 22.1 Å². The molecule has 33 heavy (non-hydrogen) atoms. The molecule has 174 valence electrons. The van der Waals surface area contributed by atoms with Gasteiger partial charge in [0.2, 0.25) is 0 Å². The second-order valence-electron chi connectivity index (χ2n) is 6.70. The van der Waals surface area contributed by atoms with Crippen LogP contribution in [0.4, 0.5) is 4.79 Å². The quantitative estimate of drug-likeness (QED) is 0.326. The number of imide groups is 1. The van der Waals surface area contributed by atoms with E-state index in [4.69, 9.17) is 14.9 Å². The number of carboxylic acid groups (broad SMARTS) is 2. The van der Waals surface area contributed by atoms with Gasteiger partial charge in [-0.3, -0.25) is 0 Å². The molecule has 0 saturated carbocycles. The van der Waals surface area contributed by atoms with E-state index in [1.165, 1.54) is 4.48 Å². The van der Waals surface area contributed by atoms with E-state index in [-0.39, 0.29) is 16.4 Å². The summed E-state index contributed by atoms with van der Waals surface area (Å²) in [4.78, 5) is 46.3. The standard InChI is InChI=1S/C18H19AsN2O3S.C4H4O4/c1-19(16-4-2-3-10-20-16)9-11-24-14-7-5-13(6-8-14)12-15-17(22)21-18(23)25-15;5-3(6)1-2-4(7)8/h2-8,10,15H,9,11-12H2,1H3,(H,21,22,23);1-2H,(H,5,6)(H,7,8)/b;2-1-. The number of hydrogen-bond acceptors (Lipinski definition) is 7. The monoisotopic (exact) mass is 534 g/mol. The number of carbonyl (C=O) groups excluding carboxylic acids is 2. The van der Waals surface area contributed by atoms with Crippen molar-refractivity contribution in [2.24, 2.45) is 0 Å². The zero-order valence-electron chi connectivity index (χ0n) is 17.7. The van der Waals surface area contributed by atoms with Gasteiger partial charge < -0.3 is 10.2 Å². The number of aromatic nitrogens is 1. The van der Waals surface area contributed by atoms with Crippen LogP contribution in [0.25, 0.3) is 0 Å². The summed E-state index contributed by atoms with van der Waals surface area (Å²) < 4.78 is 7.05. The molecule has 1 saturated heterocycles. The Kier molecular flexibility index (Phi) is 10.7. The molecular formula is C22H23AsN2O7S. The van der Waals surface area contributed by atoms with Gasteiger partial charge in [-0.15, -0.1) is 0 Å². The molecular weight excluding hydrogens is 511 g/mol. The second-order valence-corrected chi connectivity index (χ2v) is 12.7. The molecule has 1 fully saturated rings. The Bertz CT molecular complexity index is 984. The van der Waals surface area contributed by atoms with Crippen molar-refractivity contribution in [2.45, 2.75) is 22.6 Å². The first-order chi connectivity index (χ1) is 15.7. The van der Waals surface area contributed by atoms with Gasteiger partial charge in [0.05, 0.1) is 0 Å². The van der Waals surface area contributed by atoms with E-state index >= 15 is 0 Å². The maximum absolute atomic E-state index is 11.6. The molecule has 11 heteroatoms. The Morgan fingerprint density at radius 2 is 1.79 bits per heavy atom. The number of hydrogen-bond donors (Lipinski definition) is 3. The van der Waals surface area contributed by atoms with Gasteiger partial charge in [0.15, 0.2) is 0 Å². The molecule has 2 amide bonds. The molecule has 1 aromatic heterocycles. The van der Waals surface area contributed by atoms with Crippen LogP contribution in [-0.4, -0.2) is 64.8 Å². The van der Waals surface area contributed by atoms with Crippen LogP contribution in [0.3, 0.4) is 0 Å². The van der Waals surface area contributed by atoms with E-state index in [1.807, 2.05) is 42.6 Å². The first-order valence-corrected chi connectivity index (χ1v) is 14.8. The molecule has 0 bridgehead atoms.